The largest absolute Gasteiger partial charge is 0.341 e. The molecule has 2 aromatic carbocycles. The highest BCUT2D eigenvalue weighted by atomic mass is 32.2. The second-order valence-electron chi connectivity index (χ2n) is 6.01. The normalized spacial score (nSPS) is 11.3. The van der Waals surface area contributed by atoms with Crippen LogP contribution >= 0.6 is 0 Å². The van der Waals surface area contributed by atoms with Gasteiger partial charge in [-0.2, -0.15) is 0 Å². The first kappa shape index (κ1) is 20.1. The summed E-state index contributed by atoms with van der Waals surface area (Å²) in [5, 5.41) is 0. The van der Waals surface area contributed by atoms with Crippen LogP contribution in [0, 0.1) is 12.7 Å². The molecule has 0 saturated carbocycles. The van der Waals surface area contributed by atoms with E-state index in [1.165, 1.54) is 17.9 Å². The van der Waals surface area contributed by atoms with Gasteiger partial charge >= 0.3 is 0 Å². The molecule has 7 heteroatoms. The molecule has 140 valence electrons. The summed E-state index contributed by atoms with van der Waals surface area (Å²) >= 11 is 0. The Morgan fingerprint density at radius 3 is 2.38 bits per heavy atom. The molecule has 26 heavy (non-hydrogen) atoms. The number of amides is 1. The van der Waals surface area contributed by atoms with Crippen LogP contribution in [-0.4, -0.2) is 38.9 Å². The number of rotatable bonds is 8. The van der Waals surface area contributed by atoms with Crippen LogP contribution in [0.3, 0.4) is 0 Å². The van der Waals surface area contributed by atoms with Crippen LogP contribution < -0.4 is 4.72 Å². The molecule has 0 aromatic heterocycles. The standard InChI is InChI=1S/C19H23FN2O3S/c1-15-7-3-6-10-19(15)26(24,25)21-12-14-22(16(2)23)13-11-17-8-4-5-9-18(17)20/h3-10,21H,11-14H2,1-2H3. The molecule has 5 nitrogen and oxygen atoms in total. The van der Waals surface area contributed by atoms with E-state index in [1.54, 1.807) is 49.4 Å². The zero-order valence-corrected chi connectivity index (χ0v) is 15.7. The number of carbonyl (C=O) groups excluding carboxylic acids is 1. The molecule has 0 aliphatic heterocycles. The van der Waals surface area contributed by atoms with Gasteiger partial charge in [-0.25, -0.2) is 17.5 Å². The SMILES string of the molecule is CC(=O)N(CCNS(=O)(=O)c1ccccc1C)CCc1ccccc1F. The van der Waals surface area contributed by atoms with Gasteiger partial charge in [-0.15, -0.1) is 0 Å². The second-order valence-corrected chi connectivity index (χ2v) is 7.75. The molecular formula is C19H23FN2O3S. The Bertz CT molecular complexity index is 869. The minimum Gasteiger partial charge on any atom is -0.341 e. The molecule has 0 atom stereocenters. The maximum atomic E-state index is 13.7. The fourth-order valence-electron chi connectivity index (χ4n) is 2.63. The second kappa shape index (κ2) is 8.91. The first-order valence-electron chi connectivity index (χ1n) is 8.35. The topological polar surface area (TPSA) is 66.5 Å². The Morgan fingerprint density at radius 2 is 1.73 bits per heavy atom. The fourth-order valence-corrected chi connectivity index (χ4v) is 3.90. The van der Waals surface area contributed by atoms with Crippen LogP contribution in [0.15, 0.2) is 53.4 Å². The third kappa shape index (κ3) is 5.37. The Hall–Kier alpha value is -2.25. The van der Waals surface area contributed by atoms with Crippen LogP contribution in [0.2, 0.25) is 0 Å². The molecule has 1 N–H and O–H groups in total. The van der Waals surface area contributed by atoms with Crippen LogP contribution in [0.1, 0.15) is 18.1 Å². The summed E-state index contributed by atoms with van der Waals surface area (Å²) in [5.74, 6) is -0.493. The Labute approximate surface area is 153 Å². The summed E-state index contributed by atoms with van der Waals surface area (Å²) < 4.78 is 40.9. The number of halogens is 1. The molecular weight excluding hydrogens is 355 g/mol. The highest BCUT2D eigenvalue weighted by Crippen LogP contribution is 2.13. The average Bonchev–Trinajstić information content (AvgIpc) is 2.59. The molecule has 0 bridgehead atoms. The lowest BCUT2D eigenvalue weighted by molar-refractivity contribution is -0.128. The molecule has 1 amide bonds. The molecule has 0 unspecified atom stereocenters. The zero-order chi connectivity index (χ0) is 19.2. The van der Waals surface area contributed by atoms with Crippen molar-refractivity contribution in [3.63, 3.8) is 0 Å². The lowest BCUT2D eigenvalue weighted by Crippen LogP contribution is -2.38. The highest BCUT2D eigenvalue weighted by molar-refractivity contribution is 7.89. The van der Waals surface area contributed by atoms with Crippen molar-refractivity contribution in [2.75, 3.05) is 19.6 Å². The van der Waals surface area contributed by atoms with Gasteiger partial charge in [0.25, 0.3) is 0 Å². The van der Waals surface area contributed by atoms with E-state index in [2.05, 4.69) is 4.72 Å². The Morgan fingerprint density at radius 1 is 1.08 bits per heavy atom. The summed E-state index contributed by atoms with van der Waals surface area (Å²) in [7, 11) is -3.63. The smallest absolute Gasteiger partial charge is 0.240 e. The summed E-state index contributed by atoms with van der Waals surface area (Å²) in [6.45, 7) is 3.77. The third-order valence-electron chi connectivity index (χ3n) is 4.11. The molecule has 0 heterocycles. The fraction of sp³-hybridized carbons (Fsp3) is 0.316. The average molecular weight is 378 g/mol. The van der Waals surface area contributed by atoms with Crippen LogP contribution in [0.25, 0.3) is 0 Å². The molecule has 0 aliphatic carbocycles. The van der Waals surface area contributed by atoms with Gasteiger partial charge in [0.05, 0.1) is 4.90 Å². The van der Waals surface area contributed by atoms with Crippen LogP contribution in [0.5, 0.6) is 0 Å². The van der Waals surface area contributed by atoms with E-state index in [0.717, 1.165) is 0 Å². The molecule has 0 fully saturated rings. The number of hydrogen-bond acceptors (Lipinski definition) is 3. The molecule has 0 radical (unpaired) electrons. The summed E-state index contributed by atoms with van der Waals surface area (Å²) in [6.07, 6.45) is 0.372. The number of benzene rings is 2. The zero-order valence-electron chi connectivity index (χ0n) is 14.9. The van der Waals surface area contributed by atoms with Crippen LogP contribution in [-0.2, 0) is 21.2 Å². The summed E-state index contributed by atoms with van der Waals surface area (Å²) in [4.78, 5) is 13.5. The van der Waals surface area contributed by atoms with Crippen molar-refractivity contribution < 1.29 is 17.6 Å². The van der Waals surface area contributed by atoms with Gasteiger partial charge in [-0.3, -0.25) is 4.79 Å². The minimum atomic E-state index is -3.63. The van der Waals surface area contributed by atoms with Gasteiger partial charge in [0.15, 0.2) is 0 Å². The van der Waals surface area contributed by atoms with Gasteiger partial charge < -0.3 is 4.90 Å². The van der Waals surface area contributed by atoms with Gasteiger partial charge in [0.2, 0.25) is 15.9 Å². The number of aryl methyl sites for hydroxylation is 1. The quantitative estimate of drug-likeness (QED) is 0.768. The minimum absolute atomic E-state index is 0.0908. The van der Waals surface area contributed by atoms with Crippen molar-refractivity contribution in [2.45, 2.75) is 25.2 Å². The molecule has 0 saturated heterocycles. The number of nitrogens with one attached hydrogen (secondary N) is 1. The summed E-state index contributed by atoms with van der Waals surface area (Å²) in [6, 6.07) is 13.1. The highest BCUT2D eigenvalue weighted by Gasteiger charge is 2.17. The van der Waals surface area contributed by atoms with E-state index in [4.69, 9.17) is 0 Å². The van der Waals surface area contributed by atoms with Crippen molar-refractivity contribution in [1.82, 2.24) is 9.62 Å². The van der Waals surface area contributed by atoms with E-state index < -0.39 is 10.0 Å². The first-order valence-corrected chi connectivity index (χ1v) is 9.84. The Balaban J connectivity index is 1.93. The van der Waals surface area contributed by atoms with E-state index >= 15 is 0 Å². The van der Waals surface area contributed by atoms with E-state index in [1.807, 2.05) is 0 Å². The molecule has 2 rings (SSSR count). The number of nitrogens with zero attached hydrogens (tertiary/aromatic N) is 1. The van der Waals surface area contributed by atoms with E-state index in [0.29, 0.717) is 24.1 Å². The molecule has 0 spiro atoms. The molecule has 2 aromatic rings. The summed E-state index contributed by atoms with van der Waals surface area (Å²) in [5.41, 5.74) is 1.18. The Kier molecular flexibility index (Phi) is 6.88. The molecule has 0 aliphatic rings. The number of carbonyl (C=O) groups is 1. The van der Waals surface area contributed by atoms with Crippen molar-refractivity contribution in [2.24, 2.45) is 0 Å². The van der Waals surface area contributed by atoms with Gasteiger partial charge in [0, 0.05) is 26.6 Å². The monoisotopic (exact) mass is 378 g/mol. The van der Waals surface area contributed by atoms with Crippen molar-refractivity contribution >= 4 is 15.9 Å². The lowest BCUT2D eigenvalue weighted by Gasteiger charge is -2.21. The van der Waals surface area contributed by atoms with Crippen molar-refractivity contribution in [1.29, 1.82) is 0 Å². The van der Waals surface area contributed by atoms with Crippen LogP contribution in [0.4, 0.5) is 4.39 Å². The first-order chi connectivity index (χ1) is 12.3. The predicted molar refractivity (Wildman–Crippen MR) is 98.7 cm³/mol. The van der Waals surface area contributed by atoms with Crippen molar-refractivity contribution in [3.8, 4) is 0 Å². The van der Waals surface area contributed by atoms with Gasteiger partial charge in [-0.1, -0.05) is 36.4 Å². The van der Waals surface area contributed by atoms with E-state index in [-0.39, 0.29) is 29.7 Å². The maximum Gasteiger partial charge on any atom is 0.240 e. The number of hydrogen-bond donors (Lipinski definition) is 1. The van der Waals surface area contributed by atoms with Crippen molar-refractivity contribution in [3.05, 3.63) is 65.5 Å². The number of sulfonamides is 1. The maximum absolute atomic E-state index is 13.7. The third-order valence-corrected chi connectivity index (χ3v) is 5.73. The van der Waals surface area contributed by atoms with Gasteiger partial charge in [0.1, 0.15) is 5.82 Å². The van der Waals surface area contributed by atoms with E-state index in [9.17, 15) is 17.6 Å². The lowest BCUT2D eigenvalue weighted by atomic mass is 10.1. The predicted octanol–water partition coefficient (Wildman–Crippen LogP) is 2.50. The van der Waals surface area contributed by atoms with Gasteiger partial charge in [-0.05, 0) is 36.6 Å².